The van der Waals surface area contributed by atoms with Crippen LogP contribution in [0.25, 0.3) is 0 Å². The highest BCUT2D eigenvalue weighted by atomic mass is 35.5. The maximum atomic E-state index is 11.3. The quantitative estimate of drug-likeness (QED) is 0.772. The van der Waals surface area contributed by atoms with Crippen molar-refractivity contribution >= 4 is 28.8 Å². The number of hydrogen-bond acceptors (Lipinski definition) is 3. The molecule has 0 aliphatic rings. The van der Waals surface area contributed by atoms with Gasteiger partial charge in [0.05, 0.1) is 5.02 Å². The summed E-state index contributed by atoms with van der Waals surface area (Å²) in [4.78, 5) is 12.5. The predicted octanol–water partition coefficient (Wildman–Crippen LogP) is 2.41. The standard InChI is InChI=1S/C11H17ClN2OS/c1-8(2)14-11(15)3-4-13-6-10-5-9(12)7-16-10/h5,7-8,13H,3-4,6H2,1-2H3,(H,14,15). The molecule has 1 amide bonds. The summed E-state index contributed by atoms with van der Waals surface area (Å²) >= 11 is 7.42. The van der Waals surface area contributed by atoms with E-state index in [0.29, 0.717) is 13.0 Å². The van der Waals surface area contributed by atoms with E-state index in [2.05, 4.69) is 10.6 Å². The normalized spacial score (nSPS) is 10.8. The van der Waals surface area contributed by atoms with E-state index in [0.717, 1.165) is 11.6 Å². The van der Waals surface area contributed by atoms with Gasteiger partial charge in [-0.15, -0.1) is 11.3 Å². The second-order valence-electron chi connectivity index (χ2n) is 3.88. The summed E-state index contributed by atoms with van der Waals surface area (Å²) < 4.78 is 0. The van der Waals surface area contributed by atoms with Crippen molar-refractivity contribution in [2.45, 2.75) is 32.9 Å². The van der Waals surface area contributed by atoms with Crippen molar-refractivity contribution in [3.63, 3.8) is 0 Å². The Labute approximate surface area is 105 Å². The number of thiophene rings is 1. The summed E-state index contributed by atoms with van der Waals surface area (Å²) in [6, 6.07) is 2.15. The van der Waals surface area contributed by atoms with Crippen LogP contribution in [0.4, 0.5) is 0 Å². The van der Waals surface area contributed by atoms with Crippen molar-refractivity contribution in [2.75, 3.05) is 6.54 Å². The minimum atomic E-state index is 0.0895. The van der Waals surface area contributed by atoms with Crippen LogP contribution in [-0.2, 0) is 11.3 Å². The molecule has 16 heavy (non-hydrogen) atoms. The van der Waals surface area contributed by atoms with Gasteiger partial charge < -0.3 is 10.6 Å². The van der Waals surface area contributed by atoms with Crippen molar-refractivity contribution in [1.29, 1.82) is 0 Å². The molecule has 0 saturated heterocycles. The molecular formula is C11H17ClN2OS. The van der Waals surface area contributed by atoms with Crippen LogP contribution in [0.5, 0.6) is 0 Å². The fraction of sp³-hybridized carbons (Fsp3) is 0.545. The number of halogens is 1. The fourth-order valence-corrected chi connectivity index (χ4v) is 2.30. The minimum Gasteiger partial charge on any atom is -0.354 e. The van der Waals surface area contributed by atoms with Crippen LogP contribution in [0.3, 0.4) is 0 Å². The third-order valence-corrected chi connectivity index (χ3v) is 3.18. The number of carbonyl (C=O) groups excluding carboxylic acids is 1. The third kappa shape index (κ3) is 5.49. The first-order valence-electron chi connectivity index (χ1n) is 5.31. The smallest absolute Gasteiger partial charge is 0.221 e. The van der Waals surface area contributed by atoms with E-state index >= 15 is 0 Å². The first-order chi connectivity index (χ1) is 7.58. The second-order valence-corrected chi connectivity index (χ2v) is 5.31. The molecule has 1 aromatic heterocycles. The maximum Gasteiger partial charge on any atom is 0.221 e. The molecule has 0 bridgehead atoms. The molecule has 0 saturated carbocycles. The molecule has 0 unspecified atom stereocenters. The second kappa shape index (κ2) is 6.89. The average Bonchev–Trinajstić information content (AvgIpc) is 2.58. The molecular weight excluding hydrogens is 244 g/mol. The fourth-order valence-electron chi connectivity index (χ4n) is 1.25. The van der Waals surface area contributed by atoms with Gasteiger partial charge in [-0.05, 0) is 19.9 Å². The van der Waals surface area contributed by atoms with Gasteiger partial charge in [0.15, 0.2) is 0 Å². The Hall–Kier alpha value is -0.580. The van der Waals surface area contributed by atoms with Crippen molar-refractivity contribution in [3.8, 4) is 0 Å². The summed E-state index contributed by atoms with van der Waals surface area (Å²) in [7, 11) is 0. The largest absolute Gasteiger partial charge is 0.354 e. The maximum absolute atomic E-state index is 11.3. The molecule has 0 aliphatic heterocycles. The van der Waals surface area contributed by atoms with E-state index in [1.807, 2.05) is 25.3 Å². The minimum absolute atomic E-state index is 0.0895. The Kier molecular flexibility index (Phi) is 5.80. The van der Waals surface area contributed by atoms with E-state index < -0.39 is 0 Å². The highest BCUT2D eigenvalue weighted by Crippen LogP contribution is 2.18. The number of rotatable bonds is 6. The SMILES string of the molecule is CC(C)NC(=O)CCNCc1cc(Cl)cs1. The molecule has 0 spiro atoms. The molecule has 0 atom stereocenters. The van der Waals surface area contributed by atoms with Crippen LogP contribution < -0.4 is 10.6 Å². The number of hydrogen-bond donors (Lipinski definition) is 2. The zero-order valence-electron chi connectivity index (χ0n) is 9.55. The predicted molar refractivity (Wildman–Crippen MR) is 68.9 cm³/mol. The van der Waals surface area contributed by atoms with Crippen molar-refractivity contribution < 1.29 is 4.79 Å². The van der Waals surface area contributed by atoms with Gasteiger partial charge in [0, 0.05) is 35.8 Å². The zero-order chi connectivity index (χ0) is 12.0. The van der Waals surface area contributed by atoms with Crippen LogP contribution in [-0.4, -0.2) is 18.5 Å². The molecule has 1 rings (SSSR count). The Morgan fingerprint density at radius 3 is 2.88 bits per heavy atom. The lowest BCUT2D eigenvalue weighted by molar-refractivity contribution is -0.121. The summed E-state index contributed by atoms with van der Waals surface area (Å²) in [5.41, 5.74) is 0. The summed E-state index contributed by atoms with van der Waals surface area (Å²) in [6.45, 7) is 5.37. The van der Waals surface area contributed by atoms with Gasteiger partial charge in [-0.1, -0.05) is 11.6 Å². The molecule has 5 heteroatoms. The molecule has 1 heterocycles. The van der Waals surface area contributed by atoms with Gasteiger partial charge in [0.25, 0.3) is 0 Å². The van der Waals surface area contributed by atoms with E-state index in [9.17, 15) is 4.79 Å². The number of carbonyl (C=O) groups is 1. The van der Waals surface area contributed by atoms with Crippen molar-refractivity contribution in [3.05, 3.63) is 21.3 Å². The van der Waals surface area contributed by atoms with Gasteiger partial charge >= 0.3 is 0 Å². The number of nitrogens with one attached hydrogen (secondary N) is 2. The third-order valence-electron chi connectivity index (χ3n) is 1.90. The lowest BCUT2D eigenvalue weighted by atomic mass is 10.3. The van der Waals surface area contributed by atoms with E-state index in [-0.39, 0.29) is 11.9 Å². The van der Waals surface area contributed by atoms with Gasteiger partial charge in [0.1, 0.15) is 0 Å². The first kappa shape index (κ1) is 13.5. The van der Waals surface area contributed by atoms with Crippen molar-refractivity contribution in [1.82, 2.24) is 10.6 Å². The number of amides is 1. The van der Waals surface area contributed by atoms with Crippen LogP contribution >= 0.6 is 22.9 Å². The highest BCUT2D eigenvalue weighted by molar-refractivity contribution is 7.10. The highest BCUT2D eigenvalue weighted by Gasteiger charge is 2.02. The molecule has 0 aliphatic carbocycles. The average molecular weight is 261 g/mol. The van der Waals surface area contributed by atoms with Gasteiger partial charge in [-0.2, -0.15) is 0 Å². The topological polar surface area (TPSA) is 41.1 Å². The first-order valence-corrected chi connectivity index (χ1v) is 6.56. The Bertz CT molecular complexity index is 338. The van der Waals surface area contributed by atoms with Crippen LogP contribution in [0.2, 0.25) is 5.02 Å². The van der Waals surface area contributed by atoms with Crippen molar-refractivity contribution in [2.24, 2.45) is 0 Å². The molecule has 0 radical (unpaired) electrons. The lowest BCUT2D eigenvalue weighted by Crippen LogP contribution is -2.32. The lowest BCUT2D eigenvalue weighted by Gasteiger charge is -2.08. The Morgan fingerprint density at radius 1 is 1.56 bits per heavy atom. The Morgan fingerprint density at radius 2 is 2.31 bits per heavy atom. The van der Waals surface area contributed by atoms with Gasteiger partial charge in [-0.25, -0.2) is 0 Å². The van der Waals surface area contributed by atoms with Crippen LogP contribution in [0.15, 0.2) is 11.4 Å². The van der Waals surface area contributed by atoms with Crippen LogP contribution in [0, 0.1) is 0 Å². The van der Waals surface area contributed by atoms with Crippen LogP contribution in [0.1, 0.15) is 25.1 Å². The zero-order valence-corrected chi connectivity index (χ0v) is 11.1. The van der Waals surface area contributed by atoms with E-state index in [1.165, 1.54) is 4.88 Å². The monoisotopic (exact) mass is 260 g/mol. The molecule has 90 valence electrons. The van der Waals surface area contributed by atoms with Gasteiger partial charge in [0.2, 0.25) is 5.91 Å². The molecule has 2 N–H and O–H groups in total. The Balaban J connectivity index is 2.10. The molecule has 1 aromatic rings. The summed E-state index contributed by atoms with van der Waals surface area (Å²) in [6.07, 6.45) is 0.511. The summed E-state index contributed by atoms with van der Waals surface area (Å²) in [5.74, 6) is 0.0895. The molecule has 0 aromatic carbocycles. The molecule has 3 nitrogen and oxygen atoms in total. The molecule has 0 fully saturated rings. The van der Waals surface area contributed by atoms with E-state index in [4.69, 9.17) is 11.6 Å². The summed E-state index contributed by atoms with van der Waals surface area (Å²) in [5, 5.41) is 8.74. The van der Waals surface area contributed by atoms with Gasteiger partial charge in [-0.3, -0.25) is 4.79 Å². The van der Waals surface area contributed by atoms with E-state index in [1.54, 1.807) is 11.3 Å².